The fourth-order valence-electron chi connectivity index (χ4n) is 12.8. The molecular weight excluding hydrogens is 592 g/mol. The molecule has 5 aliphatic carbocycles. The second kappa shape index (κ2) is 11.8. The maximum absolute atomic E-state index is 13.5. The molecule has 13 unspecified atom stereocenters. The van der Waals surface area contributed by atoms with Gasteiger partial charge in [-0.3, -0.25) is 4.90 Å². The summed E-state index contributed by atoms with van der Waals surface area (Å²) in [5, 5.41) is 43.4. The van der Waals surface area contributed by atoms with Crippen molar-refractivity contribution in [1.29, 1.82) is 0 Å². The number of nitrogens with one attached hydrogen (secondary N) is 3. The Morgan fingerprint density at radius 3 is 2.87 bits per heavy atom. The minimum atomic E-state index is -1.62. The maximum atomic E-state index is 13.5. The molecule has 5 bridgehead atoms. The van der Waals surface area contributed by atoms with E-state index in [1.165, 1.54) is 4.90 Å². The number of rotatable bonds is 6. The Morgan fingerprint density at radius 2 is 2.06 bits per heavy atom. The number of hydrogen-bond acceptors (Lipinski definition) is 7. The standard InChI is InChI=1S/C38H52N4O5/c1-23-18-26-7-5-14-41-35(39-2)42-16-13-27(20-40-15-17-43)37(22-42)29(26)19-30-32(34(44)45)38(46,21-36(23,30)37)31-12-11-25-10-9-24-6-3-4-8-28(24)33(25)47-31/h3-4,6,8,23-29,31,33,40,43,46H,9-22H2,1-2H3,(H,39,41)(H,44,45). The van der Waals surface area contributed by atoms with Gasteiger partial charge in [0, 0.05) is 48.3 Å². The number of guanidine groups is 1. The van der Waals surface area contributed by atoms with E-state index in [0.717, 1.165) is 63.3 Å². The first-order valence-corrected chi connectivity index (χ1v) is 18.3. The quantitative estimate of drug-likeness (QED) is 0.207. The molecule has 0 aromatic rings. The summed E-state index contributed by atoms with van der Waals surface area (Å²) in [5.74, 6) is 8.53. The van der Waals surface area contributed by atoms with Gasteiger partial charge < -0.3 is 35.5 Å². The summed E-state index contributed by atoms with van der Waals surface area (Å²) in [6.07, 6.45) is 14.9. The highest BCUT2D eigenvalue weighted by atomic mass is 16.5. The topological polar surface area (TPSA) is 131 Å². The third-order valence-electron chi connectivity index (χ3n) is 14.4. The summed E-state index contributed by atoms with van der Waals surface area (Å²) in [6.45, 7) is 5.90. The lowest BCUT2D eigenvalue weighted by Gasteiger charge is -2.62. The molecule has 47 heavy (non-hydrogen) atoms. The lowest BCUT2D eigenvalue weighted by Crippen LogP contribution is -3.19. The minimum absolute atomic E-state index is 0.0221. The number of ether oxygens (including phenoxy) is 1. The van der Waals surface area contributed by atoms with Crippen LogP contribution in [0.15, 0.2) is 40.4 Å². The number of nitrogens with zero attached hydrogens (tertiary/aromatic N) is 1. The van der Waals surface area contributed by atoms with Crippen LogP contribution in [0.2, 0.25) is 0 Å². The molecule has 0 aromatic heterocycles. The lowest BCUT2D eigenvalue weighted by molar-refractivity contribution is -0.830. The van der Waals surface area contributed by atoms with E-state index in [-0.39, 0.29) is 53.3 Å². The Hall–Kier alpha value is -2.48. The molecule has 5 fully saturated rings. The summed E-state index contributed by atoms with van der Waals surface area (Å²) in [4.78, 5) is 19.5. The molecule has 9 heteroatoms. The molecule has 2 spiro atoms. The van der Waals surface area contributed by atoms with Gasteiger partial charge in [0.25, 0.3) is 5.96 Å². The van der Waals surface area contributed by atoms with Gasteiger partial charge in [0.05, 0.1) is 44.4 Å². The van der Waals surface area contributed by atoms with Crippen molar-refractivity contribution in [2.45, 2.75) is 76.1 Å². The number of fused-ring (bicyclic) bond motifs is 4. The van der Waals surface area contributed by atoms with Crippen molar-refractivity contribution in [1.82, 2.24) is 10.6 Å². The normalized spacial score (nSPS) is 48.6. The van der Waals surface area contributed by atoms with E-state index in [9.17, 15) is 20.1 Å². The van der Waals surface area contributed by atoms with Gasteiger partial charge in [-0.15, -0.1) is 0 Å². The van der Waals surface area contributed by atoms with Crippen molar-refractivity contribution in [3.63, 3.8) is 0 Å². The van der Waals surface area contributed by atoms with Gasteiger partial charge in [-0.05, 0) is 81.1 Å². The summed E-state index contributed by atoms with van der Waals surface area (Å²) >= 11 is 0. The zero-order valence-corrected chi connectivity index (χ0v) is 28.0. The fraction of sp³-hybridized carbons (Fsp3) is 0.737. The molecule has 0 radical (unpaired) electrons. The second-order valence-electron chi connectivity index (χ2n) is 16.0. The molecule has 8 rings (SSSR count). The molecule has 0 amide bonds. The summed E-state index contributed by atoms with van der Waals surface area (Å²) in [7, 11) is 1.84. The SMILES string of the molecule is CN=C1NCC#CC2CC(C)C34CC(O)(C5CCC6CCC7C=CC=CC7C6O5)C(C(=O)[O-])=C3CC2C42C[NH+]1CCC2CNCCO. The molecule has 13 atom stereocenters. The van der Waals surface area contributed by atoms with E-state index in [4.69, 9.17) is 9.73 Å². The lowest BCUT2D eigenvalue weighted by atomic mass is 9.43. The first-order valence-electron chi connectivity index (χ1n) is 18.3. The van der Waals surface area contributed by atoms with Crippen LogP contribution < -0.4 is 20.6 Å². The zero-order chi connectivity index (χ0) is 32.6. The van der Waals surface area contributed by atoms with Crippen LogP contribution in [0.1, 0.15) is 58.3 Å². The molecule has 254 valence electrons. The van der Waals surface area contributed by atoms with E-state index in [0.29, 0.717) is 44.2 Å². The van der Waals surface area contributed by atoms with Crippen LogP contribution in [0.3, 0.4) is 0 Å². The van der Waals surface area contributed by atoms with E-state index >= 15 is 0 Å². The van der Waals surface area contributed by atoms with Gasteiger partial charge >= 0.3 is 0 Å². The number of aliphatic hydroxyl groups excluding tert-OH is 1. The first-order chi connectivity index (χ1) is 22.8. The van der Waals surface area contributed by atoms with Crippen LogP contribution >= 0.6 is 0 Å². The molecule has 0 aromatic carbocycles. The van der Waals surface area contributed by atoms with E-state index in [2.05, 4.69) is 53.7 Å². The summed E-state index contributed by atoms with van der Waals surface area (Å²) in [5.41, 5.74) is -1.42. The highest BCUT2D eigenvalue weighted by Gasteiger charge is 2.78. The van der Waals surface area contributed by atoms with Crippen LogP contribution in [0.25, 0.3) is 0 Å². The van der Waals surface area contributed by atoms with Crippen LogP contribution in [-0.2, 0) is 9.53 Å². The van der Waals surface area contributed by atoms with Crippen LogP contribution in [0.5, 0.6) is 0 Å². The van der Waals surface area contributed by atoms with Crippen molar-refractivity contribution in [2.24, 2.45) is 57.2 Å². The number of hydrogen-bond donors (Lipinski definition) is 5. The third-order valence-corrected chi connectivity index (χ3v) is 14.4. The number of carboxylic acids is 1. The van der Waals surface area contributed by atoms with Gasteiger partial charge in [-0.2, -0.15) is 0 Å². The molecule has 3 heterocycles. The zero-order valence-electron chi connectivity index (χ0n) is 28.0. The van der Waals surface area contributed by atoms with Gasteiger partial charge in [-0.1, -0.05) is 48.6 Å². The second-order valence-corrected chi connectivity index (χ2v) is 16.0. The van der Waals surface area contributed by atoms with Crippen molar-refractivity contribution in [3.05, 3.63) is 35.5 Å². The molecule has 3 aliphatic heterocycles. The van der Waals surface area contributed by atoms with E-state index in [1.54, 1.807) is 0 Å². The molecule has 8 aliphatic rings. The van der Waals surface area contributed by atoms with Gasteiger partial charge in [0.2, 0.25) is 0 Å². The third kappa shape index (κ3) is 4.47. The molecule has 9 nitrogen and oxygen atoms in total. The van der Waals surface area contributed by atoms with Crippen LogP contribution in [0.4, 0.5) is 0 Å². The molecule has 3 saturated carbocycles. The van der Waals surface area contributed by atoms with E-state index in [1.807, 2.05) is 7.05 Å². The molecule has 5 N–H and O–H groups in total. The van der Waals surface area contributed by atoms with Crippen molar-refractivity contribution < 1.29 is 29.8 Å². The van der Waals surface area contributed by atoms with E-state index < -0.39 is 23.1 Å². The Kier molecular flexibility index (Phi) is 8.00. The molecule has 2 saturated heterocycles. The van der Waals surface area contributed by atoms with Crippen molar-refractivity contribution >= 4 is 11.9 Å². The smallest absolute Gasteiger partial charge is 0.296 e. The highest BCUT2D eigenvalue weighted by molar-refractivity contribution is 5.90. The largest absolute Gasteiger partial charge is 0.545 e. The number of piperidine rings is 1. The maximum Gasteiger partial charge on any atom is 0.296 e. The Labute approximate surface area is 279 Å². The number of quaternary nitrogens is 1. The predicted molar refractivity (Wildman–Crippen MR) is 176 cm³/mol. The average molecular weight is 645 g/mol. The van der Waals surface area contributed by atoms with Gasteiger partial charge in [-0.25, -0.2) is 4.99 Å². The van der Waals surface area contributed by atoms with Crippen LogP contribution in [0, 0.1) is 64.1 Å². The minimum Gasteiger partial charge on any atom is -0.545 e. The molecular formula is C38H52N4O5. The predicted octanol–water partition coefficient (Wildman–Crippen LogP) is 0.212. The Bertz CT molecular complexity index is 1480. The summed E-state index contributed by atoms with van der Waals surface area (Å²) < 4.78 is 7.03. The monoisotopic (exact) mass is 644 g/mol. The van der Waals surface area contributed by atoms with Gasteiger partial charge in [0.15, 0.2) is 0 Å². The number of carboxylic acid groups (broad SMARTS) is 1. The first kappa shape index (κ1) is 31.8. The number of carbonyl (C=O) groups excluding carboxylic acids is 1. The number of carbonyl (C=O) groups is 1. The van der Waals surface area contributed by atoms with Crippen molar-refractivity contribution in [2.75, 3.05) is 46.4 Å². The average Bonchev–Trinajstić information content (AvgIpc) is 3.46. The Balaban J connectivity index is 1.26. The number of aliphatic imine (C=N–C) groups is 1. The Morgan fingerprint density at radius 1 is 1.23 bits per heavy atom. The number of allylic oxidation sites excluding steroid dienone is 4. The highest BCUT2D eigenvalue weighted by Crippen LogP contribution is 2.78. The fourth-order valence-corrected chi connectivity index (χ4v) is 12.8. The van der Waals surface area contributed by atoms with Gasteiger partial charge in [0.1, 0.15) is 5.60 Å². The van der Waals surface area contributed by atoms with Crippen molar-refractivity contribution in [3.8, 4) is 11.8 Å². The number of aliphatic hydroxyl groups is 2. The van der Waals surface area contributed by atoms with Crippen LogP contribution in [-0.4, -0.2) is 86.3 Å². The summed E-state index contributed by atoms with van der Waals surface area (Å²) in [6, 6.07) is 0. The number of aliphatic carboxylic acids is 1.